The topological polar surface area (TPSA) is 20.2 Å². The third kappa shape index (κ3) is 4.17. The molecule has 0 spiro atoms. The molecule has 0 atom stereocenters. The van der Waals surface area contributed by atoms with Gasteiger partial charge >= 0.3 is 0 Å². The Morgan fingerprint density at radius 3 is 0.969 bits per heavy atom. The summed E-state index contributed by atoms with van der Waals surface area (Å²) in [6.45, 7) is 0. The van der Waals surface area contributed by atoms with Crippen molar-refractivity contribution in [3.05, 3.63) is 127 Å². The molecule has 1 nitrogen and oxygen atoms in total. The Morgan fingerprint density at radius 1 is 0.375 bits per heavy atom. The molecule has 0 saturated heterocycles. The fourth-order valence-electron chi connectivity index (χ4n) is 4.15. The molecule has 0 bridgehead atoms. The van der Waals surface area contributed by atoms with Gasteiger partial charge in [0.1, 0.15) is 5.75 Å². The normalized spacial score (nSPS) is 10.4. The van der Waals surface area contributed by atoms with Crippen LogP contribution in [0, 0.1) is 0 Å². The molecule has 0 radical (unpaired) electrons. The molecule has 5 rings (SSSR count). The first-order valence-corrected chi connectivity index (χ1v) is 10.4. The second kappa shape index (κ2) is 9.81. The largest absolute Gasteiger partial charge is 0.507 e. The maximum Gasteiger partial charge on any atom is 0.132 e. The fraction of sp³-hybridized carbons (Fsp3) is 0. The molecule has 5 aromatic rings. The summed E-state index contributed by atoms with van der Waals surface area (Å²) >= 11 is 0. The van der Waals surface area contributed by atoms with E-state index in [0.29, 0.717) is 5.75 Å². The molecule has 0 aliphatic heterocycles. The van der Waals surface area contributed by atoms with Crippen molar-refractivity contribution in [1.82, 2.24) is 0 Å². The van der Waals surface area contributed by atoms with E-state index in [2.05, 4.69) is 54.6 Å². The van der Waals surface area contributed by atoms with Crippen molar-refractivity contribution in [1.29, 1.82) is 0 Å². The van der Waals surface area contributed by atoms with E-state index >= 15 is 0 Å². The van der Waals surface area contributed by atoms with Crippen LogP contribution in [0.3, 0.4) is 0 Å². The Hall–Kier alpha value is -3.41. The number of hydrogen-bond acceptors (Lipinski definition) is 1. The van der Waals surface area contributed by atoms with Crippen molar-refractivity contribution < 1.29 is 26.2 Å². The summed E-state index contributed by atoms with van der Waals surface area (Å²) in [5, 5.41) is 11.8. The number of benzene rings is 5. The van der Waals surface area contributed by atoms with Crippen molar-refractivity contribution >= 4 is 0 Å². The maximum absolute atomic E-state index is 11.8. The van der Waals surface area contributed by atoms with E-state index in [1.807, 2.05) is 72.8 Å². The molecule has 0 aliphatic carbocycles. The van der Waals surface area contributed by atoms with Gasteiger partial charge in [-0.2, -0.15) is 0 Å². The summed E-state index contributed by atoms with van der Waals surface area (Å²) < 4.78 is 0. The smallest absolute Gasteiger partial charge is 0.132 e. The second-order valence-electron chi connectivity index (χ2n) is 7.53. The third-order valence-corrected chi connectivity index (χ3v) is 5.60. The number of phenols is 1. The summed E-state index contributed by atoms with van der Waals surface area (Å²) in [4.78, 5) is 0. The zero-order valence-corrected chi connectivity index (χ0v) is 20.4. The SMILES string of the molecule is Oc1c(-c2ccccc2)c(-c2ccccc2)cc(-c2ccccc2)c1-c1ccccc1.[W]. The van der Waals surface area contributed by atoms with Crippen molar-refractivity contribution in [3.63, 3.8) is 0 Å². The Labute approximate surface area is 203 Å². The van der Waals surface area contributed by atoms with Crippen molar-refractivity contribution in [2.45, 2.75) is 0 Å². The summed E-state index contributed by atoms with van der Waals surface area (Å²) in [6.07, 6.45) is 0. The van der Waals surface area contributed by atoms with Crippen LogP contribution in [-0.2, 0) is 21.1 Å². The van der Waals surface area contributed by atoms with E-state index < -0.39 is 0 Å². The second-order valence-corrected chi connectivity index (χ2v) is 7.53. The summed E-state index contributed by atoms with van der Waals surface area (Å²) in [5.41, 5.74) is 7.88. The molecule has 0 aliphatic rings. The first-order valence-electron chi connectivity index (χ1n) is 10.4. The average Bonchev–Trinajstić information content (AvgIpc) is 2.85. The van der Waals surface area contributed by atoms with Gasteiger partial charge in [0, 0.05) is 32.2 Å². The van der Waals surface area contributed by atoms with Gasteiger partial charge in [0.25, 0.3) is 0 Å². The minimum Gasteiger partial charge on any atom is -0.507 e. The van der Waals surface area contributed by atoms with Gasteiger partial charge in [-0.1, -0.05) is 121 Å². The molecule has 5 aromatic carbocycles. The number of rotatable bonds is 4. The standard InChI is InChI=1S/C30H22O.W/c31-30-28(24-17-9-3-10-18-24)26(22-13-5-1-6-14-22)21-27(23-15-7-2-8-16-23)29(30)25-19-11-4-12-20-25;/h1-21,31H;. The third-order valence-electron chi connectivity index (χ3n) is 5.60. The predicted molar refractivity (Wildman–Crippen MR) is 130 cm³/mol. The molecule has 0 amide bonds. The van der Waals surface area contributed by atoms with Crippen LogP contribution in [0.5, 0.6) is 5.75 Å². The number of hydrogen-bond donors (Lipinski definition) is 1. The van der Waals surface area contributed by atoms with E-state index in [1.54, 1.807) is 0 Å². The number of aromatic hydroxyl groups is 1. The minimum atomic E-state index is 0. The molecule has 32 heavy (non-hydrogen) atoms. The zero-order valence-electron chi connectivity index (χ0n) is 17.5. The van der Waals surface area contributed by atoms with Gasteiger partial charge in [-0.3, -0.25) is 0 Å². The Kier molecular flexibility index (Phi) is 6.68. The van der Waals surface area contributed by atoms with Crippen LogP contribution in [0.2, 0.25) is 0 Å². The molecule has 0 unspecified atom stereocenters. The summed E-state index contributed by atoms with van der Waals surface area (Å²) in [5.74, 6) is 0.303. The van der Waals surface area contributed by atoms with Gasteiger partial charge in [0.2, 0.25) is 0 Å². The predicted octanol–water partition coefficient (Wildman–Crippen LogP) is 8.06. The molecule has 0 aromatic heterocycles. The zero-order chi connectivity index (χ0) is 21.0. The van der Waals surface area contributed by atoms with Crippen molar-refractivity contribution in [3.8, 4) is 50.3 Å². The Balaban J connectivity index is 0.00000245. The van der Waals surface area contributed by atoms with Crippen LogP contribution in [0.25, 0.3) is 44.5 Å². The molecule has 154 valence electrons. The van der Waals surface area contributed by atoms with Crippen LogP contribution in [0.1, 0.15) is 0 Å². The molecule has 0 saturated carbocycles. The molecular formula is C30H22OW. The average molecular weight is 582 g/mol. The number of phenolic OH excluding ortho intramolecular Hbond substituents is 1. The van der Waals surface area contributed by atoms with E-state index in [4.69, 9.17) is 0 Å². The van der Waals surface area contributed by atoms with E-state index in [0.717, 1.165) is 44.5 Å². The van der Waals surface area contributed by atoms with E-state index in [-0.39, 0.29) is 21.1 Å². The quantitative estimate of drug-likeness (QED) is 0.227. The Morgan fingerprint density at radius 2 is 0.656 bits per heavy atom. The van der Waals surface area contributed by atoms with Crippen LogP contribution in [0.15, 0.2) is 127 Å². The Bertz CT molecular complexity index is 1200. The molecule has 2 heteroatoms. The van der Waals surface area contributed by atoms with Gasteiger partial charge in [0.05, 0.1) is 0 Å². The van der Waals surface area contributed by atoms with Crippen LogP contribution < -0.4 is 0 Å². The first kappa shape index (κ1) is 21.8. The van der Waals surface area contributed by atoms with Gasteiger partial charge < -0.3 is 5.11 Å². The maximum atomic E-state index is 11.8. The fourth-order valence-corrected chi connectivity index (χ4v) is 4.15. The van der Waals surface area contributed by atoms with Crippen molar-refractivity contribution in [2.75, 3.05) is 0 Å². The molecule has 1 N–H and O–H groups in total. The first-order chi connectivity index (χ1) is 15.3. The molecule has 0 fully saturated rings. The molecule has 0 heterocycles. The minimum absolute atomic E-state index is 0. The molecular weight excluding hydrogens is 560 g/mol. The van der Waals surface area contributed by atoms with Crippen LogP contribution >= 0.6 is 0 Å². The van der Waals surface area contributed by atoms with Gasteiger partial charge in [-0.25, -0.2) is 0 Å². The summed E-state index contributed by atoms with van der Waals surface area (Å²) in [6, 6.07) is 43.0. The monoisotopic (exact) mass is 582 g/mol. The van der Waals surface area contributed by atoms with Crippen LogP contribution in [-0.4, -0.2) is 5.11 Å². The van der Waals surface area contributed by atoms with Gasteiger partial charge in [0.15, 0.2) is 0 Å². The van der Waals surface area contributed by atoms with E-state index in [1.165, 1.54) is 0 Å². The summed E-state index contributed by atoms with van der Waals surface area (Å²) in [7, 11) is 0. The van der Waals surface area contributed by atoms with E-state index in [9.17, 15) is 5.11 Å². The van der Waals surface area contributed by atoms with Crippen molar-refractivity contribution in [2.24, 2.45) is 0 Å². The van der Waals surface area contributed by atoms with Gasteiger partial charge in [-0.15, -0.1) is 0 Å². The van der Waals surface area contributed by atoms with Gasteiger partial charge in [-0.05, 0) is 39.4 Å². The van der Waals surface area contributed by atoms with Crippen LogP contribution in [0.4, 0.5) is 0 Å².